The number of carbonyl (C=O) groups is 1. The highest BCUT2D eigenvalue weighted by molar-refractivity contribution is 6.32. The molecule has 0 aromatic heterocycles. The maximum Gasteiger partial charge on any atom is 0.256 e. The van der Waals surface area contributed by atoms with Gasteiger partial charge < -0.3 is 19.5 Å². The minimum atomic E-state index is -0.742. The first kappa shape index (κ1) is 21.0. The highest BCUT2D eigenvalue weighted by Gasteiger charge is 2.42. The van der Waals surface area contributed by atoms with Crippen LogP contribution in [0.1, 0.15) is 46.0 Å². The number of rotatable bonds is 9. The summed E-state index contributed by atoms with van der Waals surface area (Å²) in [6.45, 7) is 5.74. The molecule has 0 heterocycles. The van der Waals surface area contributed by atoms with Crippen molar-refractivity contribution in [2.45, 2.75) is 51.6 Å². The smallest absolute Gasteiger partial charge is 0.256 e. The maximum atomic E-state index is 13.0. The van der Waals surface area contributed by atoms with E-state index in [1.807, 2.05) is 0 Å². The monoisotopic (exact) mass is 383 g/mol. The van der Waals surface area contributed by atoms with E-state index in [1.54, 1.807) is 25.3 Å². The zero-order valence-electron chi connectivity index (χ0n) is 16.0. The van der Waals surface area contributed by atoms with E-state index in [0.717, 1.165) is 32.1 Å². The third-order valence-corrected chi connectivity index (χ3v) is 4.98. The lowest BCUT2D eigenvalue weighted by molar-refractivity contribution is -0.148. The molecule has 6 heteroatoms. The van der Waals surface area contributed by atoms with Gasteiger partial charge in [-0.1, -0.05) is 31.9 Å². The number of hydrogen-bond acceptors (Lipinski definition) is 4. The fourth-order valence-electron chi connectivity index (χ4n) is 3.38. The van der Waals surface area contributed by atoms with Gasteiger partial charge in [0.25, 0.3) is 5.91 Å². The van der Waals surface area contributed by atoms with Crippen molar-refractivity contribution >= 4 is 23.2 Å². The highest BCUT2D eigenvalue weighted by atomic mass is 35.5. The minimum absolute atomic E-state index is 0.0818. The van der Waals surface area contributed by atoms with Crippen molar-refractivity contribution in [3.63, 3.8) is 0 Å². The Kier molecular flexibility index (Phi) is 8.19. The largest absolute Gasteiger partial charge is 0.490 e. The van der Waals surface area contributed by atoms with Gasteiger partial charge in [-0.2, -0.15) is 0 Å². The molecule has 0 saturated heterocycles. The third kappa shape index (κ3) is 5.60. The first-order valence-electron chi connectivity index (χ1n) is 9.37. The Hall–Kier alpha value is -1.30. The lowest BCUT2D eigenvalue weighted by Crippen LogP contribution is -2.48. The van der Waals surface area contributed by atoms with Crippen molar-refractivity contribution in [1.29, 1.82) is 0 Å². The van der Waals surface area contributed by atoms with Gasteiger partial charge in [0.15, 0.2) is 0 Å². The van der Waals surface area contributed by atoms with Crippen LogP contribution in [-0.4, -0.2) is 38.4 Å². The van der Waals surface area contributed by atoms with E-state index >= 15 is 0 Å². The molecule has 1 aliphatic rings. The number of methoxy groups -OCH3 is 1. The van der Waals surface area contributed by atoms with Crippen LogP contribution in [0.15, 0.2) is 18.2 Å². The second-order valence-electron chi connectivity index (χ2n) is 6.98. The number of carbonyl (C=O) groups excluding carboxylic acids is 1. The van der Waals surface area contributed by atoms with Gasteiger partial charge in [-0.25, -0.2) is 0 Å². The number of ether oxygens (including phenoxy) is 3. The lowest BCUT2D eigenvalue weighted by atomic mass is 9.78. The topological polar surface area (TPSA) is 56.8 Å². The van der Waals surface area contributed by atoms with Crippen LogP contribution in [0.5, 0.6) is 5.75 Å². The number of halogens is 1. The molecule has 1 fully saturated rings. The molecule has 1 N–H and O–H groups in total. The quantitative estimate of drug-likeness (QED) is 0.629. The maximum absolute atomic E-state index is 13.0. The van der Waals surface area contributed by atoms with Crippen molar-refractivity contribution < 1.29 is 19.0 Å². The molecule has 2 rings (SSSR count). The molecule has 1 aliphatic carbocycles. The molecule has 5 nitrogen and oxygen atoms in total. The molecule has 146 valence electrons. The Balaban J connectivity index is 2.07. The van der Waals surface area contributed by atoms with Crippen molar-refractivity contribution in [2.24, 2.45) is 5.92 Å². The second-order valence-corrected chi connectivity index (χ2v) is 7.39. The number of anilines is 1. The van der Waals surface area contributed by atoms with Gasteiger partial charge in [0.05, 0.1) is 11.6 Å². The Morgan fingerprint density at radius 3 is 2.81 bits per heavy atom. The molecule has 26 heavy (non-hydrogen) atoms. The lowest BCUT2D eigenvalue weighted by Gasteiger charge is -2.38. The molecule has 0 radical (unpaired) electrons. The molecule has 0 bridgehead atoms. The molecule has 0 spiro atoms. The molecule has 2 atom stereocenters. The van der Waals surface area contributed by atoms with Crippen molar-refractivity contribution in [2.75, 3.05) is 32.2 Å². The summed E-state index contributed by atoms with van der Waals surface area (Å²) < 4.78 is 16.6. The van der Waals surface area contributed by atoms with Crippen LogP contribution in [0.4, 0.5) is 5.69 Å². The van der Waals surface area contributed by atoms with Crippen LogP contribution in [0, 0.1) is 5.92 Å². The van der Waals surface area contributed by atoms with Gasteiger partial charge >= 0.3 is 0 Å². The van der Waals surface area contributed by atoms with Crippen LogP contribution in [0.25, 0.3) is 0 Å². The summed E-state index contributed by atoms with van der Waals surface area (Å²) in [6, 6.07) is 5.27. The van der Waals surface area contributed by atoms with Crippen LogP contribution in [0.2, 0.25) is 5.02 Å². The average molecular weight is 384 g/mol. The van der Waals surface area contributed by atoms with Gasteiger partial charge in [0.1, 0.15) is 18.0 Å². The van der Waals surface area contributed by atoms with Gasteiger partial charge in [-0.15, -0.1) is 0 Å². The number of hydrogen-bond donors (Lipinski definition) is 1. The number of nitrogens with one attached hydrogen (secondary N) is 1. The fraction of sp³-hybridized carbons (Fsp3) is 0.650. The Morgan fingerprint density at radius 2 is 2.15 bits per heavy atom. The Bertz CT molecular complexity index is 595. The average Bonchev–Trinajstić information content (AvgIpc) is 2.62. The first-order chi connectivity index (χ1) is 12.5. The molecule has 1 aromatic carbocycles. The summed E-state index contributed by atoms with van der Waals surface area (Å²) in [6.07, 6.45) is 4.55. The van der Waals surface area contributed by atoms with E-state index in [-0.39, 0.29) is 5.91 Å². The van der Waals surface area contributed by atoms with Crippen LogP contribution in [-0.2, 0) is 14.3 Å². The first-order valence-corrected chi connectivity index (χ1v) is 9.75. The molecule has 0 unspecified atom stereocenters. The van der Waals surface area contributed by atoms with E-state index in [4.69, 9.17) is 25.8 Å². The van der Waals surface area contributed by atoms with Crippen molar-refractivity contribution in [3.8, 4) is 5.75 Å². The predicted octanol–water partition coefficient (Wildman–Crippen LogP) is 4.68. The molecular formula is C20H30ClNO4. The van der Waals surface area contributed by atoms with E-state index in [2.05, 4.69) is 19.2 Å². The van der Waals surface area contributed by atoms with E-state index in [0.29, 0.717) is 42.2 Å². The van der Waals surface area contributed by atoms with Gasteiger partial charge in [0, 0.05) is 19.4 Å². The summed E-state index contributed by atoms with van der Waals surface area (Å²) in [7, 11) is 1.62. The van der Waals surface area contributed by atoms with Crippen molar-refractivity contribution in [3.05, 3.63) is 23.2 Å². The second kappa shape index (κ2) is 10.1. The summed E-state index contributed by atoms with van der Waals surface area (Å²) >= 11 is 6.27. The molecule has 1 aromatic rings. The van der Waals surface area contributed by atoms with Gasteiger partial charge in [-0.05, 0) is 49.8 Å². The summed E-state index contributed by atoms with van der Waals surface area (Å²) in [4.78, 5) is 13.0. The third-order valence-electron chi connectivity index (χ3n) is 4.69. The molecule has 0 aliphatic heterocycles. The summed E-state index contributed by atoms with van der Waals surface area (Å²) in [5.74, 6) is 0.970. The van der Waals surface area contributed by atoms with E-state index in [9.17, 15) is 4.79 Å². The normalized spacial score (nSPS) is 22.8. The SMILES string of the molecule is CCCO[C@]1(C(=O)Nc2ccc(OCCOC)c(Cl)c2)CCC[C@H](C)C1. The molecule has 1 amide bonds. The number of amides is 1. The van der Waals surface area contributed by atoms with Gasteiger partial charge in [0.2, 0.25) is 0 Å². The van der Waals surface area contributed by atoms with Gasteiger partial charge in [-0.3, -0.25) is 4.79 Å². The molecular weight excluding hydrogens is 354 g/mol. The van der Waals surface area contributed by atoms with E-state index in [1.165, 1.54) is 0 Å². The summed E-state index contributed by atoms with van der Waals surface area (Å²) in [5, 5.41) is 3.45. The zero-order chi connectivity index (χ0) is 19.0. The standard InChI is InChI=1S/C20H30ClNO4/c1-4-10-26-20(9-5-6-15(2)14-20)19(23)22-16-7-8-18(17(21)13-16)25-12-11-24-3/h7-8,13,15H,4-6,9-12,14H2,1-3H3,(H,22,23)/t15-,20+/m0/s1. The van der Waals surface area contributed by atoms with Crippen LogP contribution < -0.4 is 10.1 Å². The van der Waals surface area contributed by atoms with Crippen LogP contribution >= 0.6 is 11.6 Å². The fourth-order valence-corrected chi connectivity index (χ4v) is 3.61. The van der Waals surface area contributed by atoms with E-state index < -0.39 is 5.60 Å². The summed E-state index contributed by atoms with van der Waals surface area (Å²) in [5.41, 5.74) is -0.0925. The minimum Gasteiger partial charge on any atom is -0.490 e. The predicted molar refractivity (Wildman–Crippen MR) is 104 cm³/mol. The van der Waals surface area contributed by atoms with Crippen molar-refractivity contribution in [1.82, 2.24) is 0 Å². The molecule has 1 saturated carbocycles. The number of benzene rings is 1. The Morgan fingerprint density at radius 1 is 1.35 bits per heavy atom. The Labute approximate surface area is 161 Å². The zero-order valence-corrected chi connectivity index (χ0v) is 16.7. The highest BCUT2D eigenvalue weighted by Crippen LogP contribution is 2.37. The van der Waals surface area contributed by atoms with Crippen LogP contribution in [0.3, 0.4) is 0 Å².